The predicted molar refractivity (Wildman–Crippen MR) is 76.4 cm³/mol. The first kappa shape index (κ1) is 12.7. The van der Waals surface area contributed by atoms with Crippen LogP contribution >= 0.6 is 0 Å². The molecule has 0 aliphatic heterocycles. The van der Waals surface area contributed by atoms with E-state index in [4.69, 9.17) is 4.74 Å². The number of rotatable bonds is 4. The molecule has 0 saturated heterocycles. The maximum Gasteiger partial charge on any atom is 0.119 e. The van der Waals surface area contributed by atoms with Crippen molar-refractivity contribution in [3.63, 3.8) is 0 Å². The molecule has 0 saturated carbocycles. The van der Waals surface area contributed by atoms with Crippen LogP contribution in [0.15, 0.2) is 24.3 Å². The van der Waals surface area contributed by atoms with Gasteiger partial charge in [-0.25, -0.2) is 0 Å². The van der Waals surface area contributed by atoms with Gasteiger partial charge in [-0.15, -0.1) is 0 Å². The SMILES string of the molecule is CCC(C)Nc1cc(C)nc2ccc(OC)cc12. The quantitative estimate of drug-likeness (QED) is 0.889. The molecule has 3 heteroatoms. The third-order valence-electron chi connectivity index (χ3n) is 3.16. The molecule has 1 aromatic carbocycles. The van der Waals surface area contributed by atoms with E-state index >= 15 is 0 Å². The highest BCUT2D eigenvalue weighted by atomic mass is 16.5. The van der Waals surface area contributed by atoms with Crippen LogP contribution in [0.1, 0.15) is 26.0 Å². The number of aryl methyl sites for hydroxylation is 1. The number of hydrogen-bond donors (Lipinski definition) is 1. The highest BCUT2D eigenvalue weighted by Gasteiger charge is 2.07. The summed E-state index contributed by atoms with van der Waals surface area (Å²) in [6.07, 6.45) is 1.09. The van der Waals surface area contributed by atoms with E-state index in [0.717, 1.165) is 34.5 Å². The molecule has 2 rings (SSSR count). The van der Waals surface area contributed by atoms with Crippen LogP contribution in [0, 0.1) is 6.92 Å². The van der Waals surface area contributed by atoms with Crippen molar-refractivity contribution in [3.05, 3.63) is 30.0 Å². The van der Waals surface area contributed by atoms with Crippen LogP contribution in [0.4, 0.5) is 5.69 Å². The average Bonchev–Trinajstić information content (AvgIpc) is 2.38. The van der Waals surface area contributed by atoms with Crippen LogP contribution < -0.4 is 10.1 Å². The first-order valence-corrected chi connectivity index (χ1v) is 6.36. The predicted octanol–water partition coefficient (Wildman–Crippen LogP) is 3.76. The van der Waals surface area contributed by atoms with Gasteiger partial charge >= 0.3 is 0 Å². The Bertz CT molecular complexity index is 551. The number of nitrogens with one attached hydrogen (secondary N) is 1. The molecule has 0 fully saturated rings. The first-order valence-electron chi connectivity index (χ1n) is 6.36. The molecule has 0 spiro atoms. The number of methoxy groups -OCH3 is 1. The minimum atomic E-state index is 0.446. The van der Waals surface area contributed by atoms with E-state index in [1.54, 1.807) is 7.11 Å². The monoisotopic (exact) mass is 244 g/mol. The maximum atomic E-state index is 5.28. The normalized spacial score (nSPS) is 12.4. The molecule has 1 aromatic heterocycles. The molecule has 2 aromatic rings. The van der Waals surface area contributed by atoms with Crippen LogP contribution in [0.25, 0.3) is 10.9 Å². The van der Waals surface area contributed by atoms with Gasteiger partial charge in [0.15, 0.2) is 0 Å². The summed E-state index contributed by atoms with van der Waals surface area (Å²) in [5.74, 6) is 0.861. The van der Waals surface area contributed by atoms with Crippen LogP contribution in [-0.2, 0) is 0 Å². The Balaban J connectivity index is 2.54. The van der Waals surface area contributed by atoms with E-state index in [2.05, 4.69) is 30.2 Å². The minimum Gasteiger partial charge on any atom is -0.497 e. The van der Waals surface area contributed by atoms with Gasteiger partial charge in [-0.3, -0.25) is 4.98 Å². The first-order chi connectivity index (χ1) is 8.63. The van der Waals surface area contributed by atoms with Gasteiger partial charge in [0.25, 0.3) is 0 Å². The lowest BCUT2D eigenvalue weighted by Gasteiger charge is -2.16. The fraction of sp³-hybridized carbons (Fsp3) is 0.400. The van der Waals surface area contributed by atoms with Crippen LogP contribution in [0.3, 0.4) is 0 Å². The fourth-order valence-corrected chi connectivity index (χ4v) is 1.95. The van der Waals surface area contributed by atoms with Gasteiger partial charge in [-0.05, 0) is 44.5 Å². The highest BCUT2D eigenvalue weighted by Crippen LogP contribution is 2.27. The summed E-state index contributed by atoms with van der Waals surface area (Å²) in [5, 5.41) is 4.64. The molecule has 1 heterocycles. The summed E-state index contributed by atoms with van der Waals surface area (Å²) in [6, 6.07) is 8.52. The number of pyridine rings is 1. The van der Waals surface area contributed by atoms with Crippen LogP contribution in [0.5, 0.6) is 5.75 Å². The van der Waals surface area contributed by atoms with Crippen LogP contribution in [0.2, 0.25) is 0 Å². The van der Waals surface area contributed by atoms with Crippen molar-refractivity contribution in [2.75, 3.05) is 12.4 Å². The third-order valence-corrected chi connectivity index (χ3v) is 3.16. The summed E-state index contributed by atoms with van der Waals surface area (Å²) in [7, 11) is 1.69. The second-order valence-corrected chi connectivity index (χ2v) is 4.65. The maximum absolute atomic E-state index is 5.28. The van der Waals surface area contributed by atoms with Gasteiger partial charge in [-0.1, -0.05) is 6.92 Å². The molecule has 0 radical (unpaired) electrons. The minimum absolute atomic E-state index is 0.446. The second-order valence-electron chi connectivity index (χ2n) is 4.65. The van der Waals surface area contributed by atoms with Gasteiger partial charge in [-0.2, -0.15) is 0 Å². The molecule has 3 nitrogen and oxygen atoms in total. The lowest BCUT2D eigenvalue weighted by Crippen LogP contribution is -2.14. The van der Waals surface area contributed by atoms with Crippen molar-refractivity contribution in [3.8, 4) is 5.75 Å². The van der Waals surface area contributed by atoms with Gasteiger partial charge in [0, 0.05) is 22.8 Å². The standard InChI is InChI=1S/C15H20N2O/c1-5-10(2)16-15-8-11(3)17-14-7-6-12(18-4)9-13(14)15/h6-10H,5H2,1-4H3,(H,16,17). The van der Waals surface area contributed by atoms with Gasteiger partial charge in [0.05, 0.1) is 12.6 Å². The summed E-state index contributed by atoms with van der Waals surface area (Å²) in [5.41, 5.74) is 3.16. The molecule has 0 bridgehead atoms. The number of fused-ring (bicyclic) bond motifs is 1. The zero-order valence-corrected chi connectivity index (χ0v) is 11.4. The number of ether oxygens (including phenoxy) is 1. The van der Waals surface area contributed by atoms with E-state index in [1.165, 1.54) is 0 Å². The van der Waals surface area contributed by atoms with Crippen molar-refractivity contribution in [2.24, 2.45) is 0 Å². The summed E-state index contributed by atoms with van der Waals surface area (Å²) >= 11 is 0. The molecule has 1 N–H and O–H groups in total. The Morgan fingerprint density at radius 3 is 2.78 bits per heavy atom. The van der Waals surface area contributed by atoms with Crippen molar-refractivity contribution in [1.82, 2.24) is 4.98 Å². The lowest BCUT2D eigenvalue weighted by molar-refractivity contribution is 0.415. The second kappa shape index (κ2) is 5.25. The topological polar surface area (TPSA) is 34.2 Å². The average molecular weight is 244 g/mol. The van der Waals surface area contributed by atoms with Crippen LogP contribution in [-0.4, -0.2) is 18.1 Å². The van der Waals surface area contributed by atoms with E-state index < -0.39 is 0 Å². The Kier molecular flexibility index (Phi) is 3.70. The third kappa shape index (κ3) is 2.55. The molecule has 18 heavy (non-hydrogen) atoms. The Morgan fingerprint density at radius 1 is 1.33 bits per heavy atom. The van der Waals surface area contributed by atoms with E-state index in [1.807, 2.05) is 25.1 Å². The van der Waals surface area contributed by atoms with Crippen molar-refractivity contribution < 1.29 is 4.74 Å². The summed E-state index contributed by atoms with van der Waals surface area (Å²) in [6.45, 7) is 6.38. The van der Waals surface area contributed by atoms with Crippen molar-refractivity contribution >= 4 is 16.6 Å². The number of benzene rings is 1. The highest BCUT2D eigenvalue weighted by molar-refractivity contribution is 5.92. The number of hydrogen-bond acceptors (Lipinski definition) is 3. The zero-order valence-electron chi connectivity index (χ0n) is 11.4. The largest absolute Gasteiger partial charge is 0.497 e. The van der Waals surface area contributed by atoms with E-state index in [9.17, 15) is 0 Å². The Labute approximate surface area is 108 Å². The molecule has 1 atom stereocenters. The van der Waals surface area contributed by atoms with Gasteiger partial charge in [0.2, 0.25) is 0 Å². The number of anilines is 1. The Hall–Kier alpha value is -1.77. The Morgan fingerprint density at radius 2 is 2.11 bits per heavy atom. The summed E-state index contributed by atoms with van der Waals surface area (Å²) in [4.78, 5) is 4.55. The zero-order chi connectivity index (χ0) is 13.1. The molecular formula is C15H20N2O. The lowest BCUT2D eigenvalue weighted by atomic mass is 10.1. The smallest absolute Gasteiger partial charge is 0.119 e. The van der Waals surface area contributed by atoms with E-state index in [-0.39, 0.29) is 0 Å². The molecule has 96 valence electrons. The number of nitrogens with zero attached hydrogens (tertiary/aromatic N) is 1. The van der Waals surface area contributed by atoms with Gasteiger partial charge in [0.1, 0.15) is 5.75 Å². The number of aromatic nitrogens is 1. The van der Waals surface area contributed by atoms with Gasteiger partial charge < -0.3 is 10.1 Å². The molecular weight excluding hydrogens is 224 g/mol. The molecule has 1 unspecified atom stereocenters. The fourth-order valence-electron chi connectivity index (χ4n) is 1.95. The van der Waals surface area contributed by atoms with Crippen molar-refractivity contribution in [1.29, 1.82) is 0 Å². The van der Waals surface area contributed by atoms with E-state index in [0.29, 0.717) is 6.04 Å². The van der Waals surface area contributed by atoms with Crippen molar-refractivity contribution in [2.45, 2.75) is 33.2 Å². The molecule has 0 aliphatic rings. The molecule has 0 aliphatic carbocycles. The molecule has 0 amide bonds. The summed E-state index contributed by atoms with van der Waals surface area (Å²) < 4.78 is 5.28.